The van der Waals surface area contributed by atoms with Crippen LogP contribution in [0.3, 0.4) is 0 Å². The number of nitrogens with two attached hydrogens (primary N) is 1. The maximum Gasteiger partial charge on any atom is 0.252 e. The van der Waals surface area contributed by atoms with E-state index in [2.05, 4.69) is 5.32 Å². The molecule has 2 amide bonds. The van der Waals surface area contributed by atoms with Crippen LogP contribution in [0.5, 0.6) is 11.5 Å². The van der Waals surface area contributed by atoms with Crippen LogP contribution in [0.2, 0.25) is 0 Å². The van der Waals surface area contributed by atoms with Crippen LogP contribution >= 0.6 is 0 Å². The fourth-order valence-corrected chi connectivity index (χ4v) is 2.26. The highest BCUT2D eigenvalue weighted by Crippen LogP contribution is 2.28. The van der Waals surface area contributed by atoms with Crippen molar-refractivity contribution in [2.75, 3.05) is 13.7 Å². The zero-order valence-corrected chi connectivity index (χ0v) is 13.6. The largest absolute Gasteiger partial charge is 0.493 e. The van der Waals surface area contributed by atoms with Gasteiger partial charge in [0.2, 0.25) is 5.91 Å². The summed E-state index contributed by atoms with van der Waals surface area (Å²) in [5.74, 6) is -0.0646. The summed E-state index contributed by atoms with van der Waals surface area (Å²) < 4.78 is 10.6. The van der Waals surface area contributed by atoms with Crippen molar-refractivity contribution in [3.05, 3.63) is 59.7 Å². The molecule has 6 heteroatoms. The summed E-state index contributed by atoms with van der Waals surface area (Å²) in [7, 11) is 1.52. The number of hydrogen-bond acceptors (Lipinski definition) is 4. The smallest absolute Gasteiger partial charge is 0.252 e. The van der Waals surface area contributed by atoms with E-state index < -0.39 is 17.9 Å². The Labute approximate surface area is 140 Å². The molecule has 2 aromatic carbocycles. The first-order valence-corrected chi connectivity index (χ1v) is 7.52. The molecule has 2 aromatic rings. The Kier molecular flexibility index (Phi) is 5.78. The van der Waals surface area contributed by atoms with Crippen LogP contribution in [0.25, 0.3) is 0 Å². The van der Waals surface area contributed by atoms with E-state index in [1.54, 1.807) is 42.5 Å². The Bertz CT molecular complexity index is 716. The highest BCUT2D eigenvalue weighted by molar-refractivity contribution is 5.98. The van der Waals surface area contributed by atoms with E-state index in [1.165, 1.54) is 7.11 Å². The maximum atomic E-state index is 12.5. The van der Waals surface area contributed by atoms with Crippen molar-refractivity contribution in [2.45, 2.75) is 13.0 Å². The normalized spacial score (nSPS) is 11.4. The van der Waals surface area contributed by atoms with Crippen molar-refractivity contribution in [3.63, 3.8) is 0 Å². The van der Waals surface area contributed by atoms with Crippen LogP contribution in [0.1, 0.15) is 28.9 Å². The minimum absolute atomic E-state index is 0.349. The highest BCUT2D eigenvalue weighted by atomic mass is 16.5. The molecule has 0 aromatic heterocycles. The summed E-state index contributed by atoms with van der Waals surface area (Å²) in [6.07, 6.45) is 0. The highest BCUT2D eigenvalue weighted by Gasteiger charge is 2.21. The Morgan fingerprint density at radius 2 is 1.83 bits per heavy atom. The molecule has 0 saturated carbocycles. The second-order valence-corrected chi connectivity index (χ2v) is 5.02. The second kappa shape index (κ2) is 8.01. The number of methoxy groups -OCH3 is 1. The van der Waals surface area contributed by atoms with Crippen molar-refractivity contribution in [2.24, 2.45) is 5.73 Å². The number of carbonyl (C=O) groups excluding carboxylic acids is 2. The molecule has 0 radical (unpaired) electrons. The summed E-state index contributed by atoms with van der Waals surface area (Å²) in [4.78, 5) is 24.2. The Morgan fingerprint density at radius 1 is 1.12 bits per heavy atom. The molecule has 0 unspecified atom stereocenters. The van der Waals surface area contributed by atoms with E-state index in [0.29, 0.717) is 29.2 Å². The van der Waals surface area contributed by atoms with Crippen LogP contribution in [-0.4, -0.2) is 25.5 Å². The quantitative estimate of drug-likeness (QED) is 0.814. The zero-order valence-electron chi connectivity index (χ0n) is 13.6. The molecule has 0 saturated heterocycles. The Balaban J connectivity index is 2.24. The molecule has 0 spiro atoms. The van der Waals surface area contributed by atoms with Gasteiger partial charge in [0.15, 0.2) is 11.5 Å². The van der Waals surface area contributed by atoms with E-state index in [1.807, 2.05) is 13.0 Å². The summed E-state index contributed by atoms with van der Waals surface area (Å²) in [5, 5.41) is 2.65. The van der Waals surface area contributed by atoms with Gasteiger partial charge in [0.1, 0.15) is 6.04 Å². The first-order chi connectivity index (χ1) is 11.6. The second-order valence-electron chi connectivity index (χ2n) is 5.02. The molecule has 3 N–H and O–H groups in total. The molecule has 0 heterocycles. The summed E-state index contributed by atoms with van der Waals surface area (Å²) in [6, 6.07) is 12.7. The molecular formula is C18H20N2O4. The van der Waals surface area contributed by atoms with Gasteiger partial charge in [0.05, 0.1) is 13.7 Å². The molecule has 0 aliphatic heterocycles. The van der Waals surface area contributed by atoms with Crippen LogP contribution < -0.4 is 20.5 Å². The number of nitrogens with one attached hydrogen (secondary N) is 1. The van der Waals surface area contributed by atoms with Crippen molar-refractivity contribution in [1.29, 1.82) is 0 Å². The lowest BCUT2D eigenvalue weighted by Crippen LogP contribution is -2.37. The van der Waals surface area contributed by atoms with Crippen molar-refractivity contribution in [3.8, 4) is 11.5 Å². The van der Waals surface area contributed by atoms with E-state index in [0.717, 1.165) is 0 Å². The number of rotatable bonds is 7. The average Bonchev–Trinajstić information content (AvgIpc) is 2.60. The van der Waals surface area contributed by atoms with Crippen molar-refractivity contribution in [1.82, 2.24) is 5.32 Å². The molecule has 1 atom stereocenters. The van der Waals surface area contributed by atoms with Crippen molar-refractivity contribution < 1.29 is 19.1 Å². The fraction of sp³-hybridized carbons (Fsp3) is 0.222. The Hall–Kier alpha value is -3.02. The predicted octanol–water partition coefficient (Wildman–Crippen LogP) is 2.05. The van der Waals surface area contributed by atoms with E-state index in [-0.39, 0.29) is 0 Å². The topological polar surface area (TPSA) is 90.6 Å². The van der Waals surface area contributed by atoms with Gasteiger partial charge in [-0.1, -0.05) is 30.3 Å². The Morgan fingerprint density at radius 3 is 2.42 bits per heavy atom. The van der Waals surface area contributed by atoms with Gasteiger partial charge >= 0.3 is 0 Å². The maximum absolute atomic E-state index is 12.5. The SMILES string of the molecule is CCOc1cc(C(=O)N[C@@H](C(N)=O)c2ccccc2)ccc1OC. The first-order valence-electron chi connectivity index (χ1n) is 7.52. The van der Waals surface area contributed by atoms with Crippen LogP contribution in [0, 0.1) is 0 Å². The standard InChI is InChI=1S/C18H20N2O4/c1-3-24-15-11-13(9-10-14(15)23-2)18(22)20-16(17(19)21)12-7-5-4-6-8-12/h4-11,16H,3H2,1-2H3,(H2,19,21)(H,20,22)/t16-/m1/s1. The summed E-state index contributed by atoms with van der Waals surface area (Å²) >= 11 is 0. The number of benzene rings is 2. The fourth-order valence-electron chi connectivity index (χ4n) is 2.26. The molecule has 0 bridgehead atoms. The summed E-state index contributed by atoms with van der Waals surface area (Å²) in [5.41, 5.74) is 6.39. The van der Waals surface area contributed by atoms with Gasteiger partial charge in [-0.15, -0.1) is 0 Å². The van der Waals surface area contributed by atoms with E-state index in [9.17, 15) is 9.59 Å². The molecule has 24 heavy (non-hydrogen) atoms. The molecule has 0 fully saturated rings. The molecule has 0 aliphatic rings. The lowest BCUT2D eigenvalue weighted by molar-refractivity contribution is -0.120. The first kappa shape index (κ1) is 17.3. The van der Waals surface area contributed by atoms with Gasteiger partial charge in [-0.3, -0.25) is 9.59 Å². The number of carbonyl (C=O) groups is 2. The molecule has 126 valence electrons. The van der Waals surface area contributed by atoms with Gasteiger partial charge in [-0.25, -0.2) is 0 Å². The van der Waals surface area contributed by atoms with Gasteiger partial charge < -0.3 is 20.5 Å². The predicted molar refractivity (Wildman–Crippen MR) is 90.0 cm³/mol. The zero-order chi connectivity index (χ0) is 17.5. The van der Waals surface area contributed by atoms with Crippen LogP contribution in [0.15, 0.2) is 48.5 Å². The van der Waals surface area contributed by atoms with Crippen LogP contribution in [0.4, 0.5) is 0 Å². The third-order valence-electron chi connectivity index (χ3n) is 3.42. The minimum atomic E-state index is -0.906. The lowest BCUT2D eigenvalue weighted by Gasteiger charge is -2.17. The minimum Gasteiger partial charge on any atom is -0.493 e. The molecular weight excluding hydrogens is 308 g/mol. The van der Waals surface area contributed by atoms with Gasteiger partial charge in [-0.2, -0.15) is 0 Å². The van der Waals surface area contributed by atoms with Crippen molar-refractivity contribution >= 4 is 11.8 Å². The number of amides is 2. The third kappa shape index (κ3) is 4.04. The molecule has 6 nitrogen and oxygen atoms in total. The number of primary amides is 1. The average molecular weight is 328 g/mol. The molecule has 0 aliphatic carbocycles. The van der Waals surface area contributed by atoms with Gasteiger partial charge in [-0.05, 0) is 30.7 Å². The van der Waals surface area contributed by atoms with E-state index in [4.69, 9.17) is 15.2 Å². The van der Waals surface area contributed by atoms with Gasteiger partial charge in [0.25, 0.3) is 5.91 Å². The monoisotopic (exact) mass is 328 g/mol. The number of ether oxygens (including phenoxy) is 2. The molecule has 2 rings (SSSR count). The lowest BCUT2D eigenvalue weighted by atomic mass is 10.1. The van der Waals surface area contributed by atoms with Gasteiger partial charge in [0, 0.05) is 5.56 Å². The van der Waals surface area contributed by atoms with Crippen LogP contribution in [-0.2, 0) is 4.79 Å². The third-order valence-corrected chi connectivity index (χ3v) is 3.42. The van der Waals surface area contributed by atoms with E-state index >= 15 is 0 Å². The summed E-state index contributed by atoms with van der Waals surface area (Å²) in [6.45, 7) is 2.28. The number of hydrogen-bond donors (Lipinski definition) is 2.